The molecule has 0 radical (unpaired) electrons. The molecule has 1 aromatic carbocycles. The summed E-state index contributed by atoms with van der Waals surface area (Å²) in [6, 6.07) is 9.88. The average Bonchev–Trinajstić information content (AvgIpc) is 3.00. The standard InChI is InChI=1S/C18H19ClN4O/c1-12-4-6-15-16(9-12)22-18(21-15)23-8-2-3-14(11-23)24-17-7-5-13(19)10-20-17/h4-7,9-10,14H,2-3,8,11H2,1H3,(H,21,22). The lowest BCUT2D eigenvalue weighted by Gasteiger charge is -2.32. The number of benzene rings is 1. The number of nitrogens with zero attached hydrogens (tertiary/aromatic N) is 3. The summed E-state index contributed by atoms with van der Waals surface area (Å²) >= 11 is 5.87. The number of pyridine rings is 1. The summed E-state index contributed by atoms with van der Waals surface area (Å²) in [5, 5.41) is 0.616. The normalized spacial score (nSPS) is 18.1. The number of aromatic nitrogens is 3. The monoisotopic (exact) mass is 342 g/mol. The Morgan fingerprint density at radius 3 is 3.04 bits per heavy atom. The Labute approximate surface area is 145 Å². The molecule has 1 unspecified atom stereocenters. The number of anilines is 1. The maximum Gasteiger partial charge on any atom is 0.213 e. The van der Waals surface area contributed by atoms with E-state index in [9.17, 15) is 0 Å². The van der Waals surface area contributed by atoms with Crippen LogP contribution in [-0.4, -0.2) is 34.1 Å². The van der Waals surface area contributed by atoms with Crippen molar-refractivity contribution in [2.75, 3.05) is 18.0 Å². The van der Waals surface area contributed by atoms with E-state index < -0.39 is 0 Å². The van der Waals surface area contributed by atoms with Crippen LogP contribution in [-0.2, 0) is 0 Å². The summed E-state index contributed by atoms with van der Waals surface area (Å²) in [6.07, 6.45) is 3.79. The van der Waals surface area contributed by atoms with E-state index in [0.717, 1.165) is 42.9 Å². The van der Waals surface area contributed by atoms with Crippen molar-refractivity contribution in [1.82, 2.24) is 15.0 Å². The highest BCUT2D eigenvalue weighted by Crippen LogP contribution is 2.23. The Morgan fingerprint density at radius 2 is 2.21 bits per heavy atom. The third kappa shape index (κ3) is 3.17. The summed E-state index contributed by atoms with van der Waals surface area (Å²) in [7, 11) is 0. The van der Waals surface area contributed by atoms with Crippen LogP contribution in [0.1, 0.15) is 18.4 Å². The van der Waals surface area contributed by atoms with Crippen molar-refractivity contribution in [2.24, 2.45) is 0 Å². The third-order valence-electron chi connectivity index (χ3n) is 4.29. The van der Waals surface area contributed by atoms with E-state index in [4.69, 9.17) is 21.3 Å². The van der Waals surface area contributed by atoms with Crippen LogP contribution in [0.3, 0.4) is 0 Å². The van der Waals surface area contributed by atoms with Crippen LogP contribution in [0.25, 0.3) is 11.0 Å². The lowest BCUT2D eigenvalue weighted by atomic mass is 10.1. The molecule has 1 saturated heterocycles. The second-order valence-electron chi connectivity index (χ2n) is 6.22. The zero-order valence-electron chi connectivity index (χ0n) is 13.5. The van der Waals surface area contributed by atoms with E-state index in [1.54, 1.807) is 12.3 Å². The minimum Gasteiger partial charge on any atom is -0.472 e. The van der Waals surface area contributed by atoms with E-state index in [0.29, 0.717) is 10.9 Å². The largest absolute Gasteiger partial charge is 0.472 e. The van der Waals surface area contributed by atoms with Gasteiger partial charge in [-0.25, -0.2) is 9.97 Å². The van der Waals surface area contributed by atoms with E-state index in [1.807, 2.05) is 6.07 Å². The molecule has 24 heavy (non-hydrogen) atoms. The van der Waals surface area contributed by atoms with Crippen molar-refractivity contribution >= 4 is 28.6 Å². The summed E-state index contributed by atoms with van der Waals surface area (Å²) in [5.41, 5.74) is 3.30. The van der Waals surface area contributed by atoms with Crippen LogP contribution in [0.4, 0.5) is 5.95 Å². The fourth-order valence-electron chi connectivity index (χ4n) is 3.09. The highest BCUT2D eigenvalue weighted by molar-refractivity contribution is 6.30. The lowest BCUT2D eigenvalue weighted by molar-refractivity contribution is 0.171. The molecule has 0 bridgehead atoms. The van der Waals surface area contributed by atoms with Gasteiger partial charge in [0.25, 0.3) is 0 Å². The first-order valence-electron chi connectivity index (χ1n) is 8.17. The third-order valence-corrected chi connectivity index (χ3v) is 4.51. The molecule has 1 atom stereocenters. The summed E-state index contributed by atoms with van der Waals surface area (Å²) < 4.78 is 6.00. The van der Waals surface area contributed by atoms with E-state index >= 15 is 0 Å². The Hall–Kier alpha value is -2.27. The number of fused-ring (bicyclic) bond motifs is 1. The quantitative estimate of drug-likeness (QED) is 0.782. The number of hydrogen-bond donors (Lipinski definition) is 1. The highest BCUT2D eigenvalue weighted by atomic mass is 35.5. The number of aryl methyl sites for hydroxylation is 1. The lowest BCUT2D eigenvalue weighted by Crippen LogP contribution is -2.41. The van der Waals surface area contributed by atoms with Crippen LogP contribution in [0.5, 0.6) is 5.88 Å². The number of ether oxygens (including phenoxy) is 1. The molecule has 0 saturated carbocycles. The molecule has 0 spiro atoms. The van der Waals surface area contributed by atoms with Gasteiger partial charge in [-0.2, -0.15) is 0 Å². The molecule has 1 aliphatic rings. The molecule has 5 nitrogen and oxygen atoms in total. The van der Waals surface area contributed by atoms with Crippen molar-refractivity contribution in [3.8, 4) is 5.88 Å². The molecule has 124 valence electrons. The first-order chi connectivity index (χ1) is 11.7. The SMILES string of the molecule is Cc1ccc2nc(N3CCCC(Oc4ccc(Cl)cn4)C3)[nH]c2c1. The molecule has 1 aliphatic heterocycles. The van der Waals surface area contributed by atoms with Gasteiger partial charge in [-0.3, -0.25) is 0 Å². The summed E-state index contributed by atoms with van der Waals surface area (Å²) in [4.78, 5) is 14.6. The van der Waals surface area contributed by atoms with Gasteiger partial charge in [0, 0.05) is 18.8 Å². The molecule has 4 rings (SSSR count). The van der Waals surface area contributed by atoms with Crippen LogP contribution in [0.15, 0.2) is 36.5 Å². The number of rotatable bonds is 3. The number of halogens is 1. The fraction of sp³-hybridized carbons (Fsp3) is 0.333. The number of H-pyrrole nitrogens is 1. The van der Waals surface area contributed by atoms with Gasteiger partial charge in [0.2, 0.25) is 11.8 Å². The topological polar surface area (TPSA) is 54.0 Å². The number of nitrogens with one attached hydrogen (secondary N) is 1. The molecular weight excluding hydrogens is 324 g/mol. The van der Waals surface area contributed by atoms with Gasteiger partial charge in [-0.15, -0.1) is 0 Å². The first-order valence-corrected chi connectivity index (χ1v) is 8.55. The van der Waals surface area contributed by atoms with Crippen molar-refractivity contribution in [2.45, 2.75) is 25.9 Å². The van der Waals surface area contributed by atoms with Gasteiger partial charge in [0.15, 0.2) is 0 Å². The summed E-state index contributed by atoms with van der Waals surface area (Å²) in [5.74, 6) is 1.53. The van der Waals surface area contributed by atoms with Crippen molar-refractivity contribution in [3.05, 3.63) is 47.1 Å². The van der Waals surface area contributed by atoms with Crippen LogP contribution >= 0.6 is 11.6 Å². The van der Waals surface area contributed by atoms with Gasteiger partial charge in [-0.05, 0) is 43.5 Å². The zero-order valence-corrected chi connectivity index (χ0v) is 14.3. The average molecular weight is 343 g/mol. The van der Waals surface area contributed by atoms with E-state index in [-0.39, 0.29) is 6.10 Å². The van der Waals surface area contributed by atoms with E-state index in [1.165, 1.54) is 5.56 Å². The number of imidazole rings is 1. The Bertz CT molecular complexity index is 846. The van der Waals surface area contributed by atoms with Crippen molar-refractivity contribution in [1.29, 1.82) is 0 Å². The van der Waals surface area contributed by atoms with Gasteiger partial charge < -0.3 is 14.6 Å². The summed E-state index contributed by atoms with van der Waals surface area (Å²) in [6.45, 7) is 3.86. The molecule has 1 N–H and O–H groups in total. The van der Waals surface area contributed by atoms with Gasteiger partial charge >= 0.3 is 0 Å². The molecule has 6 heteroatoms. The second-order valence-corrected chi connectivity index (χ2v) is 6.66. The first kappa shape index (κ1) is 15.3. The van der Waals surface area contributed by atoms with Crippen LogP contribution in [0, 0.1) is 6.92 Å². The zero-order chi connectivity index (χ0) is 16.5. The Kier molecular flexibility index (Phi) is 4.02. The molecule has 3 aromatic rings. The molecule has 0 aliphatic carbocycles. The second kappa shape index (κ2) is 6.32. The smallest absolute Gasteiger partial charge is 0.213 e. The van der Waals surface area contributed by atoms with Crippen molar-refractivity contribution in [3.63, 3.8) is 0 Å². The van der Waals surface area contributed by atoms with E-state index in [2.05, 4.69) is 40.0 Å². The maximum absolute atomic E-state index is 6.00. The number of aromatic amines is 1. The highest BCUT2D eigenvalue weighted by Gasteiger charge is 2.23. The van der Waals surface area contributed by atoms with Gasteiger partial charge in [0.05, 0.1) is 22.6 Å². The molecule has 1 fully saturated rings. The Morgan fingerprint density at radius 1 is 1.29 bits per heavy atom. The van der Waals surface area contributed by atoms with Crippen LogP contribution < -0.4 is 9.64 Å². The van der Waals surface area contributed by atoms with Crippen molar-refractivity contribution < 1.29 is 4.74 Å². The molecule has 0 amide bonds. The predicted molar refractivity (Wildman–Crippen MR) is 95.9 cm³/mol. The number of hydrogen-bond acceptors (Lipinski definition) is 4. The molecular formula is C18H19ClN4O. The maximum atomic E-state index is 6.00. The minimum absolute atomic E-state index is 0.0994. The predicted octanol–water partition coefficient (Wildman–Crippen LogP) is 3.97. The van der Waals surface area contributed by atoms with Gasteiger partial charge in [0.1, 0.15) is 6.10 Å². The van der Waals surface area contributed by atoms with Gasteiger partial charge in [-0.1, -0.05) is 17.7 Å². The fourth-order valence-corrected chi connectivity index (χ4v) is 3.20. The minimum atomic E-state index is 0.0994. The van der Waals surface area contributed by atoms with Crippen LogP contribution in [0.2, 0.25) is 5.02 Å². The number of piperidine rings is 1. The Balaban J connectivity index is 1.50. The molecule has 3 heterocycles. The molecule has 2 aromatic heterocycles.